The van der Waals surface area contributed by atoms with Crippen molar-refractivity contribution < 1.29 is 0 Å². The van der Waals surface area contributed by atoms with Gasteiger partial charge < -0.3 is 0 Å². The zero-order valence-electron chi connectivity index (χ0n) is 7.55. The molecular formula is C10H18N2. The van der Waals surface area contributed by atoms with Crippen molar-refractivity contribution in [2.45, 2.75) is 44.6 Å². The van der Waals surface area contributed by atoms with Crippen LogP contribution in [-0.4, -0.2) is 6.04 Å². The standard InChI is InChI=1S/C10H18N2/c1-2-3-7-10(12-11)8-9-5-4-6-9/h1,9-10,12H,3-8,11H2. The molecule has 3 N–H and O–H groups in total. The van der Waals surface area contributed by atoms with E-state index in [9.17, 15) is 0 Å². The van der Waals surface area contributed by atoms with Crippen molar-refractivity contribution in [3.63, 3.8) is 0 Å². The number of terminal acetylenes is 1. The van der Waals surface area contributed by atoms with Gasteiger partial charge >= 0.3 is 0 Å². The van der Waals surface area contributed by atoms with E-state index in [4.69, 9.17) is 12.3 Å². The Morgan fingerprint density at radius 3 is 2.75 bits per heavy atom. The minimum absolute atomic E-state index is 0.436. The lowest BCUT2D eigenvalue weighted by Crippen LogP contribution is -2.37. The van der Waals surface area contributed by atoms with Crippen molar-refractivity contribution in [1.82, 2.24) is 5.43 Å². The van der Waals surface area contributed by atoms with Crippen molar-refractivity contribution in [2.75, 3.05) is 0 Å². The van der Waals surface area contributed by atoms with E-state index in [-0.39, 0.29) is 0 Å². The molecule has 0 aromatic carbocycles. The first-order valence-electron chi connectivity index (χ1n) is 4.76. The maximum absolute atomic E-state index is 5.42. The van der Waals surface area contributed by atoms with Crippen LogP contribution < -0.4 is 11.3 Å². The van der Waals surface area contributed by atoms with Crippen molar-refractivity contribution in [3.05, 3.63) is 0 Å². The van der Waals surface area contributed by atoms with E-state index in [1.807, 2.05) is 0 Å². The quantitative estimate of drug-likeness (QED) is 0.368. The van der Waals surface area contributed by atoms with Gasteiger partial charge in [0.15, 0.2) is 0 Å². The molecule has 0 radical (unpaired) electrons. The lowest BCUT2D eigenvalue weighted by molar-refractivity contribution is 0.256. The summed E-state index contributed by atoms with van der Waals surface area (Å²) in [6.07, 6.45) is 12.4. The first kappa shape index (κ1) is 9.57. The molecule has 1 rings (SSSR count). The second kappa shape index (κ2) is 5.18. The van der Waals surface area contributed by atoms with E-state index in [1.54, 1.807) is 0 Å². The van der Waals surface area contributed by atoms with Crippen LogP contribution in [0.25, 0.3) is 0 Å². The average Bonchev–Trinajstić information content (AvgIpc) is 2.02. The molecule has 0 amide bonds. The van der Waals surface area contributed by atoms with Crippen molar-refractivity contribution in [2.24, 2.45) is 11.8 Å². The molecule has 68 valence electrons. The van der Waals surface area contributed by atoms with Gasteiger partial charge in [-0.25, -0.2) is 0 Å². The number of hydrazine groups is 1. The number of nitrogens with two attached hydrogens (primary N) is 1. The summed E-state index contributed by atoms with van der Waals surface area (Å²) in [4.78, 5) is 0. The highest BCUT2D eigenvalue weighted by atomic mass is 15.2. The highest BCUT2D eigenvalue weighted by Gasteiger charge is 2.20. The fourth-order valence-corrected chi connectivity index (χ4v) is 1.66. The van der Waals surface area contributed by atoms with Crippen LogP contribution in [0, 0.1) is 18.3 Å². The van der Waals surface area contributed by atoms with Gasteiger partial charge in [-0.1, -0.05) is 19.3 Å². The van der Waals surface area contributed by atoms with E-state index in [2.05, 4.69) is 11.3 Å². The Labute approximate surface area is 74.9 Å². The summed E-state index contributed by atoms with van der Waals surface area (Å²) in [5.74, 6) is 8.97. The minimum Gasteiger partial charge on any atom is -0.271 e. The zero-order valence-corrected chi connectivity index (χ0v) is 7.55. The van der Waals surface area contributed by atoms with E-state index >= 15 is 0 Å². The van der Waals surface area contributed by atoms with E-state index < -0.39 is 0 Å². The van der Waals surface area contributed by atoms with Crippen LogP contribution in [0.5, 0.6) is 0 Å². The molecule has 0 spiro atoms. The molecule has 0 aromatic rings. The maximum Gasteiger partial charge on any atom is 0.0222 e. The zero-order chi connectivity index (χ0) is 8.81. The van der Waals surface area contributed by atoms with Gasteiger partial charge in [0.05, 0.1) is 0 Å². The molecular weight excluding hydrogens is 148 g/mol. The van der Waals surface area contributed by atoms with Gasteiger partial charge in [0.2, 0.25) is 0 Å². The average molecular weight is 166 g/mol. The Morgan fingerprint density at radius 1 is 1.58 bits per heavy atom. The predicted octanol–water partition coefficient (Wildman–Crippen LogP) is 1.42. The van der Waals surface area contributed by atoms with Gasteiger partial charge in [-0.3, -0.25) is 11.3 Å². The van der Waals surface area contributed by atoms with Crippen molar-refractivity contribution in [3.8, 4) is 12.3 Å². The molecule has 0 aromatic heterocycles. The van der Waals surface area contributed by atoms with E-state index in [1.165, 1.54) is 25.7 Å². The molecule has 1 aliphatic rings. The highest BCUT2D eigenvalue weighted by Crippen LogP contribution is 2.30. The molecule has 1 unspecified atom stereocenters. The molecule has 1 fully saturated rings. The Kier molecular flexibility index (Phi) is 4.13. The summed E-state index contributed by atoms with van der Waals surface area (Å²) in [7, 11) is 0. The summed E-state index contributed by atoms with van der Waals surface area (Å²) in [6.45, 7) is 0. The summed E-state index contributed by atoms with van der Waals surface area (Å²) >= 11 is 0. The topological polar surface area (TPSA) is 38.0 Å². The third-order valence-corrected chi connectivity index (χ3v) is 2.72. The number of hydrogen-bond acceptors (Lipinski definition) is 2. The normalized spacial score (nSPS) is 19.7. The first-order chi connectivity index (χ1) is 5.86. The van der Waals surface area contributed by atoms with Crippen LogP contribution in [0.2, 0.25) is 0 Å². The van der Waals surface area contributed by atoms with Crippen LogP contribution >= 0.6 is 0 Å². The monoisotopic (exact) mass is 166 g/mol. The molecule has 0 saturated heterocycles. The highest BCUT2D eigenvalue weighted by molar-refractivity contribution is 4.86. The molecule has 0 aliphatic heterocycles. The largest absolute Gasteiger partial charge is 0.271 e. The predicted molar refractivity (Wildman–Crippen MR) is 51.1 cm³/mol. The summed E-state index contributed by atoms with van der Waals surface area (Å²) < 4.78 is 0. The Morgan fingerprint density at radius 2 is 2.33 bits per heavy atom. The summed E-state index contributed by atoms with van der Waals surface area (Å²) in [5, 5.41) is 0. The molecule has 2 heteroatoms. The first-order valence-corrected chi connectivity index (χ1v) is 4.76. The molecule has 1 aliphatic carbocycles. The van der Waals surface area contributed by atoms with Gasteiger partial charge in [0.1, 0.15) is 0 Å². The van der Waals surface area contributed by atoms with E-state index in [0.717, 1.165) is 18.8 Å². The Hall–Kier alpha value is -0.520. The van der Waals surface area contributed by atoms with E-state index in [0.29, 0.717) is 6.04 Å². The molecule has 1 atom stereocenters. The van der Waals surface area contributed by atoms with Gasteiger partial charge in [-0.15, -0.1) is 12.3 Å². The van der Waals surface area contributed by atoms with Gasteiger partial charge in [-0.05, 0) is 18.8 Å². The van der Waals surface area contributed by atoms with Crippen molar-refractivity contribution in [1.29, 1.82) is 0 Å². The molecule has 2 nitrogen and oxygen atoms in total. The van der Waals surface area contributed by atoms with Crippen LogP contribution in [0.1, 0.15) is 38.5 Å². The summed E-state index contributed by atoms with van der Waals surface area (Å²) in [5.41, 5.74) is 2.84. The Balaban J connectivity index is 2.11. The third-order valence-electron chi connectivity index (χ3n) is 2.72. The van der Waals surface area contributed by atoms with Crippen LogP contribution in [0.4, 0.5) is 0 Å². The smallest absolute Gasteiger partial charge is 0.0222 e. The van der Waals surface area contributed by atoms with Gasteiger partial charge in [0, 0.05) is 12.5 Å². The second-order valence-corrected chi connectivity index (χ2v) is 3.64. The van der Waals surface area contributed by atoms with Gasteiger partial charge in [-0.2, -0.15) is 0 Å². The fraction of sp³-hybridized carbons (Fsp3) is 0.800. The number of rotatable bonds is 5. The maximum atomic E-state index is 5.42. The Bertz CT molecular complexity index is 156. The third kappa shape index (κ3) is 2.84. The number of nitrogens with one attached hydrogen (secondary N) is 1. The summed E-state index contributed by atoms with van der Waals surface area (Å²) in [6, 6.07) is 0.436. The van der Waals surface area contributed by atoms with Crippen LogP contribution in [0.3, 0.4) is 0 Å². The molecule has 12 heavy (non-hydrogen) atoms. The molecule has 0 heterocycles. The molecule has 1 saturated carbocycles. The second-order valence-electron chi connectivity index (χ2n) is 3.64. The lowest BCUT2D eigenvalue weighted by atomic mass is 9.80. The van der Waals surface area contributed by atoms with Gasteiger partial charge in [0.25, 0.3) is 0 Å². The molecule has 0 bridgehead atoms. The minimum atomic E-state index is 0.436. The SMILES string of the molecule is C#CCCC(CC1CCC1)NN. The lowest BCUT2D eigenvalue weighted by Gasteiger charge is -2.29. The fourth-order valence-electron chi connectivity index (χ4n) is 1.66. The van der Waals surface area contributed by atoms with Crippen LogP contribution in [0.15, 0.2) is 0 Å². The number of hydrogen-bond donors (Lipinski definition) is 2. The van der Waals surface area contributed by atoms with Crippen molar-refractivity contribution >= 4 is 0 Å². The van der Waals surface area contributed by atoms with Crippen LogP contribution in [-0.2, 0) is 0 Å².